The Hall–Kier alpha value is -2.01. The summed E-state index contributed by atoms with van der Waals surface area (Å²) in [5.74, 6) is -1.68. The standard InChI is InChI=1S/C18H21ClO5/c1-11-7-5-3-2-4-6-8-12(20)9-13-16(18(23)24-11)14(21)10-15(22)17(13)19/h3,5,10-11,21-22H,2,4,6-9H2,1H3/t11-/m0/s1. The Kier molecular flexibility index (Phi) is 6.26. The van der Waals surface area contributed by atoms with E-state index in [2.05, 4.69) is 0 Å². The van der Waals surface area contributed by atoms with Crippen LogP contribution in [0, 0.1) is 0 Å². The van der Waals surface area contributed by atoms with Crippen LogP contribution in [0.15, 0.2) is 18.2 Å². The van der Waals surface area contributed by atoms with Crippen LogP contribution in [0.1, 0.15) is 54.9 Å². The highest BCUT2D eigenvalue weighted by Gasteiger charge is 2.26. The van der Waals surface area contributed by atoms with Crippen LogP contribution in [0.5, 0.6) is 11.5 Å². The fraction of sp³-hybridized carbons (Fsp3) is 0.444. The molecule has 6 heteroatoms. The van der Waals surface area contributed by atoms with Gasteiger partial charge in [0.25, 0.3) is 0 Å². The first kappa shape index (κ1) is 18.3. The highest BCUT2D eigenvalue weighted by molar-refractivity contribution is 6.33. The molecular weight excluding hydrogens is 332 g/mol. The molecule has 2 N–H and O–H groups in total. The molecule has 0 radical (unpaired) electrons. The van der Waals surface area contributed by atoms with Crippen molar-refractivity contribution in [2.75, 3.05) is 0 Å². The third-order valence-corrected chi connectivity index (χ3v) is 4.34. The number of halogens is 1. The van der Waals surface area contributed by atoms with Crippen LogP contribution in [0.4, 0.5) is 0 Å². The van der Waals surface area contributed by atoms with E-state index >= 15 is 0 Å². The van der Waals surface area contributed by atoms with Crippen molar-refractivity contribution >= 4 is 23.4 Å². The number of rotatable bonds is 0. The molecule has 0 saturated carbocycles. The molecule has 0 aromatic heterocycles. The molecule has 0 unspecified atom stereocenters. The second-order valence-electron chi connectivity index (χ2n) is 5.97. The summed E-state index contributed by atoms with van der Waals surface area (Å²) in [5.41, 5.74) is -0.0389. The highest BCUT2D eigenvalue weighted by atomic mass is 35.5. The van der Waals surface area contributed by atoms with Gasteiger partial charge in [-0.15, -0.1) is 0 Å². The lowest BCUT2D eigenvalue weighted by Crippen LogP contribution is -2.18. The van der Waals surface area contributed by atoms with E-state index in [1.165, 1.54) is 0 Å². The van der Waals surface area contributed by atoms with Gasteiger partial charge in [-0.2, -0.15) is 0 Å². The van der Waals surface area contributed by atoms with Crippen LogP contribution in [0.2, 0.25) is 5.02 Å². The summed E-state index contributed by atoms with van der Waals surface area (Å²) in [6.45, 7) is 1.75. The topological polar surface area (TPSA) is 83.8 Å². The van der Waals surface area contributed by atoms with Gasteiger partial charge in [0, 0.05) is 30.9 Å². The molecule has 1 aliphatic heterocycles. The van der Waals surface area contributed by atoms with Gasteiger partial charge in [0.05, 0.1) is 5.02 Å². The summed E-state index contributed by atoms with van der Waals surface area (Å²) in [7, 11) is 0. The van der Waals surface area contributed by atoms with Crippen molar-refractivity contribution in [2.24, 2.45) is 0 Å². The lowest BCUT2D eigenvalue weighted by Gasteiger charge is -2.17. The summed E-state index contributed by atoms with van der Waals surface area (Å²) in [4.78, 5) is 24.6. The van der Waals surface area contributed by atoms with Crippen molar-refractivity contribution in [1.82, 2.24) is 0 Å². The number of cyclic esters (lactones) is 1. The number of phenols is 2. The molecule has 2 rings (SSSR count). The number of hydrogen-bond donors (Lipinski definition) is 2. The number of allylic oxidation sites excluding steroid dienone is 1. The van der Waals surface area contributed by atoms with Crippen LogP contribution in [-0.2, 0) is 16.0 Å². The molecule has 1 aliphatic rings. The smallest absolute Gasteiger partial charge is 0.342 e. The Morgan fingerprint density at radius 3 is 2.67 bits per heavy atom. The number of aromatic hydroxyl groups is 2. The minimum Gasteiger partial charge on any atom is -0.507 e. The third-order valence-electron chi connectivity index (χ3n) is 3.92. The van der Waals surface area contributed by atoms with Crippen LogP contribution < -0.4 is 0 Å². The Bertz CT molecular complexity index is 666. The summed E-state index contributed by atoms with van der Waals surface area (Å²) >= 11 is 6.07. The van der Waals surface area contributed by atoms with Gasteiger partial charge < -0.3 is 14.9 Å². The molecule has 1 aromatic carbocycles. The fourth-order valence-corrected chi connectivity index (χ4v) is 2.86. The Balaban J connectivity index is 2.43. The van der Waals surface area contributed by atoms with Crippen molar-refractivity contribution in [2.45, 2.75) is 51.6 Å². The van der Waals surface area contributed by atoms with Crippen LogP contribution in [0.25, 0.3) is 0 Å². The number of phenolic OH excluding ortho intramolecular Hbond substituents is 2. The van der Waals surface area contributed by atoms with E-state index in [9.17, 15) is 19.8 Å². The van der Waals surface area contributed by atoms with E-state index in [-0.39, 0.29) is 40.2 Å². The van der Waals surface area contributed by atoms with E-state index in [0.29, 0.717) is 12.8 Å². The predicted octanol–water partition coefficient (Wildman–Crippen LogP) is 3.93. The second-order valence-corrected chi connectivity index (χ2v) is 6.34. The molecule has 0 fully saturated rings. The average molecular weight is 353 g/mol. The number of esters is 1. The molecule has 130 valence electrons. The van der Waals surface area contributed by atoms with E-state index in [4.69, 9.17) is 16.3 Å². The van der Waals surface area contributed by atoms with Crippen molar-refractivity contribution in [3.05, 3.63) is 34.4 Å². The molecule has 0 bridgehead atoms. The first-order valence-electron chi connectivity index (χ1n) is 8.01. The zero-order chi connectivity index (χ0) is 17.7. The minimum absolute atomic E-state index is 0.104. The Morgan fingerprint density at radius 2 is 1.92 bits per heavy atom. The van der Waals surface area contributed by atoms with Gasteiger partial charge in [-0.1, -0.05) is 23.8 Å². The zero-order valence-corrected chi connectivity index (χ0v) is 14.3. The largest absolute Gasteiger partial charge is 0.507 e. The summed E-state index contributed by atoms with van der Waals surface area (Å²) in [6, 6.07) is 0.987. The number of ether oxygens (including phenoxy) is 1. The monoisotopic (exact) mass is 352 g/mol. The maximum absolute atomic E-state index is 12.4. The van der Waals surface area contributed by atoms with Gasteiger partial charge in [-0.25, -0.2) is 4.79 Å². The SMILES string of the molecule is C[C@H]1CC=CCCCCC(=O)Cc2c(Cl)c(O)cc(O)c2C(=O)O1. The molecule has 5 nitrogen and oxygen atoms in total. The first-order valence-corrected chi connectivity index (χ1v) is 8.39. The number of carbonyl (C=O) groups is 2. The molecule has 1 atom stereocenters. The molecule has 0 saturated heterocycles. The molecule has 0 spiro atoms. The molecule has 1 aromatic rings. The van der Waals surface area contributed by atoms with Crippen LogP contribution in [0.3, 0.4) is 0 Å². The van der Waals surface area contributed by atoms with E-state index < -0.39 is 11.7 Å². The van der Waals surface area contributed by atoms with Gasteiger partial charge >= 0.3 is 5.97 Å². The van der Waals surface area contributed by atoms with Gasteiger partial charge in [-0.05, 0) is 26.2 Å². The molecule has 0 aliphatic carbocycles. The maximum atomic E-state index is 12.4. The van der Waals surface area contributed by atoms with Gasteiger partial charge in [0.2, 0.25) is 0 Å². The highest BCUT2D eigenvalue weighted by Crippen LogP contribution is 2.37. The van der Waals surface area contributed by atoms with E-state index in [1.54, 1.807) is 6.92 Å². The summed E-state index contributed by atoms with van der Waals surface area (Å²) < 4.78 is 5.33. The summed E-state index contributed by atoms with van der Waals surface area (Å²) in [5, 5.41) is 19.7. The number of fused-ring (bicyclic) bond motifs is 1. The Labute approximate surface area is 145 Å². The number of benzene rings is 1. The zero-order valence-electron chi connectivity index (χ0n) is 13.5. The normalized spacial score (nSPS) is 20.2. The van der Waals surface area contributed by atoms with E-state index in [0.717, 1.165) is 25.3 Å². The van der Waals surface area contributed by atoms with Gasteiger partial charge in [0.15, 0.2) is 0 Å². The minimum atomic E-state index is -0.754. The lowest BCUT2D eigenvalue weighted by atomic mass is 9.98. The number of hydrogen-bond acceptors (Lipinski definition) is 5. The van der Waals surface area contributed by atoms with Crippen molar-refractivity contribution in [3.63, 3.8) is 0 Å². The maximum Gasteiger partial charge on any atom is 0.342 e. The first-order chi connectivity index (χ1) is 11.4. The predicted molar refractivity (Wildman–Crippen MR) is 90.6 cm³/mol. The van der Waals surface area contributed by atoms with E-state index in [1.807, 2.05) is 12.2 Å². The Morgan fingerprint density at radius 1 is 1.17 bits per heavy atom. The number of carbonyl (C=O) groups excluding carboxylic acids is 2. The van der Waals surface area contributed by atoms with Crippen molar-refractivity contribution in [3.8, 4) is 11.5 Å². The second kappa shape index (κ2) is 8.20. The third kappa shape index (κ3) is 4.51. The van der Waals surface area contributed by atoms with Crippen LogP contribution >= 0.6 is 11.6 Å². The fourth-order valence-electron chi connectivity index (χ4n) is 2.64. The number of ketones is 1. The molecule has 1 heterocycles. The van der Waals surface area contributed by atoms with Crippen molar-refractivity contribution in [1.29, 1.82) is 0 Å². The molecular formula is C18H21ClO5. The van der Waals surface area contributed by atoms with Gasteiger partial charge in [-0.3, -0.25) is 4.79 Å². The molecule has 0 amide bonds. The lowest BCUT2D eigenvalue weighted by molar-refractivity contribution is -0.118. The summed E-state index contributed by atoms with van der Waals surface area (Å²) in [6.07, 6.45) is 6.85. The molecule has 24 heavy (non-hydrogen) atoms. The van der Waals surface area contributed by atoms with Crippen molar-refractivity contribution < 1.29 is 24.5 Å². The van der Waals surface area contributed by atoms with Crippen LogP contribution in [-0.4, -0.2) is 28.1 Å². The number of Topliss-reactive ketones (excluding diaryl/α,β-unsaturated/α-hetero) is 1. The average Bonchev–Trinajstić information content (AvgIpc) is 2.50. The quantitative estimate of drug-likeness (QED) is 0.546. The van der Waals surface area contributed by atoms with Gasteiger partial charge in [0.1, 0.15) is 28.9 Å².